The van der Waals surface area contributed by atoms with Gasteiger partial charge in [0.05, 0.1) is 34.4 Å². The molecule has 0 saturated carbocycles. The predicted molar refractivity (Wildman–Crippen MR) is 114 cm³/mol. The zero-order valence-electron chi connectivity index (χ0n) is 16.6. The molecule has 170 valence electrons. The smallest absolute Gasteiger partial charge is 0.342 e. The SMILES string of the molecule is C[C@H](NC(=O)c1ncnc2[nH]ncc12)c1ncc(C(=O)Nc2ccc(Cl)c(C(F)(F)F)c2)s1. The van der Waals surface area contributed by atoms with Gasteiger partial charge in [0.25, 0.3) is 11.8 Å². The van der Waals surface area contributed by atoms with Crippen molar-refractivity contribution in [1.29, 1.82) is 0 Å². The van der Waals surface area contributed by atoms with Crippen LogP contribution in [0.2, 0.25) is 5.02 Å². The second-order valence-electron chi connectivity index (χ2n) is 6.76. The van der Waals surface area contributed by atoms with Gasteiger partial charge >= 0.3 is 6.18 Å². The van der Waals surface area contributed by atoms with Crippen molar-refractivity contribution >= 4 is 51.5 Å². The van der Waals surface area contributed by atoms with E-state index < -0.39 is 34.6 Å². The first-order valence-electron chi connectivity index (χ1n) is 9.22. The maximum atomic E-state index is 13.0. The summed E-state index contributed by atoms with van der Waals surface area (Å²) in [6.45, 7) is 1.67. The van der Waals surface area contributed by atoms with Gasteiger partial charge in [-0.3, -0.25) is 14.7 Å². The highest BCUT2D eigenvalue weighted by Crippen LogP contribution is 2.36. The number of amides is 2. The molecular formula is C19H13ClF3N7O2S. The lowest BCUT2D eigenvalue weighted by molar-refractivity contribution is -0.137. The first kappa shape index (κ1) is 22.6. The van der Waals surface area contributed by atoms with E-state index >= 15 is 0 Å². The molecule has 14 heteroatoms. The number of carbonyl (C=O) groups excluding carboxylic acids is 2. The Morgan fingerprint density at radius 3 is 2.70 bits per heavy atom. The van der Waals surface area contributed by atoms with Gasteiger partial charge in [0.2, 0.25) is 0 Å². The fourth-order valence-electron chi connectivity index (χ4n) is 2.88. The highest BCUT2D eigenvalue weighted by molar-refractivity contribution is 7.13. The molecular weight excluding hydrogens is 483 g/mol. The molecule has 1 atom stereocenters. The molecule has 0 aliphatic rings. The van der Waals surface area contributed by atoms with Crippen LogP contribution in [0.15, 0.2) is 36.9 Å². The van der Waals surface area contributed by atoms with Gasteiger partial charge < -0.3 is 10.6 Å². The van der Waals surface area contributed by atoms with Crippen LogP contribution in [-0.4, -0.2) is 37.0 Å². The number of aromatic amines is 1. The molecule has 9 nitrogen and oxygen atoms in total. The average Bonchev–Trinajstić information content (AvgIpc) is 3.43. The number of benzene rings is 1. The molecule has 3 heterocycles. The molecule has 4 rings (SSSR count). The number of H-pyrrole nitrogens is 1. The number of halogens is 4. The summed E-state index contributed by atoms with van der Waals surface area (Å²) in [6, 6.07) is 2.50. The molecule has 0 aliphatic heterocycles. The van der Waals surface area contributed by atoms with Crippen LogP contribution in [0.4, 0.5) is 18.9 Å². The lowest BCUT2D eigenvalue weighted by Crippen LogP contribution is -2.27. The largest absolute Gasteiger partial charge is 0.417 e. The molecule has 3 N–H and O–H groups in total. The first-order chi connectivity index (χ1) is 15.6. The van der Waals surface area contributed by atoms with Crippen LogP contribution in [0.1, 0.15) is 43.7 Å². The van der Waals surface area contributed by atoms with Crippen molar-refractivity contribution in [2.24, 2.45) is 0 Å². The quantitative estimate of drug-likeness (QED) is 0.380. The van der Waals surface area contributed by atoms with Gasteiger partial charge in [-0.2, -0.15) is 18.3 Å². The maximum absolute atomic E-state index is 13.0. The molecule has 0 fully saturated rings. The standard InChI is InChI=1S/C19H13ClF3N7O2S/c1-8(28-17(32)14-10-5-27-30-15(10)26-7-25-14)18-24-6-13(33-18)16(31)29-9-2-3-12(20)11(4-9)19(21,22)23/h2-8H,1H3,(H,28,32)(H,29,31)(H,25,26,27,30)/t8-/m0/s1. The molecule has 0 unspecified atom stereocenters. The van der Waals surface area contributed by atoms with Crippen LogP contribution in [0.25, 0.3) is 11.0 Å². The number of thiazole rings is 1. The summed E-state index contributed by atoms with van der Waals surface area (Å²) in [5.74, 6) is -1.14. The molecule has 4 aromatic rings. The van der Waals surface area contributed by atoms with Crippen LogP contribution in [0.3, 0.4) is 0 Å². The molecule has 0 radical (unpaired) electrons. The van der Waals surface area contributed by atoms with E-state index in [1.807, 2.05) is 0 Å². The number of alkyl halides is 3. The van der Waals surface area contributed by atoms with E-state index in [1.165, 1.54) is 24.8 Å². The lowest BCUT2D eigenvalue weighted by atomic mass is 10.2. The van der Waals surface area contributed by atoms with Crippen LogP contribution >= 0.6 is 22.9 Å². The lowest BCUT2D eigenvalue weighted by Gasteiger charge is -2.11. The van der Waals surface area contributed by atoms with E-state index in [0.717, 1.165) is 23.5 Å². The molecule has 3 aromatic heterocycles. The van der Waals surface area contributed by atoms with Crippen molar-refractivity contribution in [3.63, 3.8) is 0 Å². The maximum Gasteiger partial charge on any atom is 0.417 e. The van der Waals surface area contributed by atoms with Gasteiger partial charge in [0, 0.05) is 5.69 Å². The predicted octanol–water partition coefficient (Wildman–Crippen LogP) is 4.22. The van der Waals surface area contributed by atoms with Crippen LogP contribution < -0.4 is 10.6 Å². The van der Waals surface area contributed by atoms with E-state index in [2.05, 4.69) is 35.8 Å². The highest BCUT2D eigenvalue weighted by Gasteiger charge is 2.33. The van der Waals surface area contributed by atoms with E-state index in [0.29, 0.717) is 16.0 Å². The zero-order valence-corrected chi connectivity index (χ0v) is 18.1. The first-order valence-corrected chi connectivity index (χ1v) is 10.4. The molecule has 2 amide bonds. The summed E-state index contributed by atoms with van der Waals surface area (Å²) < 4.78 is 39.1. The van der Waals surface area contributed by atoms with Crippen LogP contribution in [0.5, 0.6) is 0 Å². The van der Waals surface area contributed by atoms with Gasteiger partial charge in [0.1, 0.15) is 21.9 Å². The van der Waals surface area contributed by atoms with E-state index in [-0.39, 0.29) is 16.3 Å². The molecule has 1 aromatic carbocycles. The normalized spacial score (nSPS) is 12.5. The van der Waals surface area contributed by atoms with Crippen molar-refractivity contribution in [3.8, 4) is 0 Å². The molecule has 33 heavy (non-hydrogen) atoms. The van der Waals surface area contributed by atoms with Crippen molar-refractivity contribution in [2.45, 2.75) is 19.1 Å². The Bertz CT molecular complexity index is 1350. The van der Waals surface area contributed by atoms with E-state index in [4.69, 9.17) is 11.6 Å². The Morgan fingerprint density at radius 1 is 1.15 bits per heavy atom. The van der Waals surface area contributed by atoms with Crippen LogP contribution in [0, 0.1) is 0 Å². The fourth-order valence-corrected chi connectivity index (χ4v) is 3.92. The molecule has 0 spiro atoms. The van der Waals surface area contributed by atoms with Gasteiger partial charge in [-0.25, -0.2) is 15.0 Å². The van der Waals surface area contributed by atoms with Gasteiger partial charge in [-0.15, -0.1) is 11.3 Å². The van der Waals surface area contributed by atoms with Gasteiger partial charge in [-0.05, 0) is 25.1 Å². The Hall–Kier alpha value is -3.58. The van der Waals surface area contributed by atoms with Crippen molar-refractivity contribution in [2.75, 3.05) is 5.32 Å². The second kappa shape index (κ2) is 8.75. The molecule has 0 aliphatic carbocycles. The molecule has 0 bridgehead atoms. The number of fused-ring (bicyclic) bond motifs is 1. The third-order valence-corrected chi connectivity index (χ3v) is 5.97. The minimum Gasteiger partial charge on any atom is -0.342 e. The van der Waals surface area contributed by atoms with Gasteiger partial charge in [0.15, 0.2) is 5.65 Å². The fraction of sp³-hybridized carbons (Fsp3) is 0.158. The Labute approximate surface area is 192 Å². The summed E-state index contributed by atoms with van der Waals surface area (Å²) in [7, 11) is 0. The Balaban J connectivity index is 1.46. The number of nitrogens with zero attached hydrogens (tertiary/aromatic N) is 4. The minimum atomic E-state index is -4.66. The number of nitrogens with one attached hydrogen (secondary N) is 3. The zero-order chi connectivity index (χ0) is 23.8. The van der Waals surface area contributed by atoms with Crippen molar-refractivity contribution in [3.05, 3.63) is 63.1 Å². The van der Waals surface area contributed by atoms with Crippen molar-refractivity contribution < 1.29 is 22.8 Å². The van der Waals surface area contributed by atoms with Gasteiger partial charge in [-0.1, -0.05) is 11.6 Å². The number of anilines is 1. The third-order valence-electron chi connectivity index (χ3n) is 4.46. The monoisotopic (exact) mass is 495 g/mol. The Morgan fingerprint density at radius 2 is 1.94 bits per heavy atom. The topological polar surface area (TPSA) is 126 Å². The number of carbonyl (C=O) groups is 2. The molecule has 0 saturated heterocycles. The average molecular weight is 496 g/mol. The summed E-state index contributed by atoms with van der Waals surface area (Å²) in [5, 5.41) is 12.0. The number of rotatable bonds is 5. The minimum absolute atomic E-state index is 0.0686. The number of hydrogen-bond donors (Lipinski definition) is 3. The van der Waals surface area contributed by atoms with Crippen LogP contribution in [-0.2, 0) is 6.18 Å². The van der Waals surface area contributed by atoms with E-state index in [1.54, 1.807) is 6.92 Å². The highest BCUT2D eigenvalue weighted by atomic mass is 35.5. The summed E-state index contributed by atoms with van der Waals surface area (Å²) in [5.41, 5.74) is -0.592. The summed E-state index contributed by atoms with van der Waals surface area (Å²) in [4.78, 5) is 37.3. The number of aromatic nitrogens is 5. The number of hydrogen-bond acceptors (Lipinski definition) is 7. The Kier molecular flexibility index (Phi) is 5.99. The second-order valence-corrected chi connectivity index (χ2v) is 8.23. The van der Waals surface area contributed by atoms with E-state index in [9.17, 15) is 22.8 Å². The van der Waals surface area contributed by atoms with Crippen molar-refractivity contribution in [1.82, 2.24) is 30.5 Å². The summed E-state index contributed by atoms with van der Waals surface area (Å²) >= 11 is 6.58. The summed E-state index contributed by atoms with van der Waals surface area (Å²) in [6.07, 6.45) is -0.721. The third kappa shape index (κ3) is 4.78.